The Hall–Kier alpha value is -3.11. The zero-order chi connectivity index (χ0) is 24.4. The molecule has 2 aliphatic rings. The second-order valence-corrected chi connectivity index (χ2v) is 10.9. The van der Waals surface area contributed by atoms with Gasteiger partial charge in [-0.2, -0.15) is 4.31 Å². The molecule has 186 valence electrons. The van der Waals surface area contributed by atoms with E-state index in [0.717, 1.165) is 23.3 Å². The summed E-state index contributed by atoms with van der Waals surface area (Å²) in [4.78, 5) is 17.5. The first-order chi connectivity index (χ1) is 16.9. The van der Waals surface area contributed by atoms with E-state index in [2.05, 4.69) is 14.9 Å². The van der Waals surface area contributed by atoms with Gasteiger partial charge in [0.15, 0.2) is 11.5 Å². The van der Waals surface area contributed by atoms with Crippen molar-refractivity contribution in [1.29, 1.82) is 0 Å². The van der Waals surface area contributed by atoms with Gasteiger partial charge in [-0.05, 0) is 44.0 Å². The lowest BCUT2D eigenvalue weighted by Crippen LogP contribution is -2.43. The van der Waals surface area contributed by atoms with Crippen molar-refractivity contribution >= 4 is 27.0 Å². The van der Waals surface area contributed by atoms with E-state index in [1.54, 1.807) is 12.1 Å². The minimum Gasteiger partial charge on any atom is -0.490 e. The second kappa shape index (κ2) is 9.87. The molecule has 0 atom stereocenters. The number of ether oxygens (including phenoxy) is 2. The van der Waals surface area contributed by atoms with E-state index >= 15 is 0 Å². The first-order valence-electron chi connectivity index (χ1n) is 12.0. The van der Waals surface area contributed by atoms with Crippen molar-refractivity contribution in [1.82, 2.24) is 19.2 Å². The summed E-state index contributed by atoms with van der Waals surface area (Å²) in [7, 11) is -3.67. The van der Waals surface area contributed by atoms with Crippen molar-refractivity contribution in [2.45, 2.75) is 37.6 Å². The number of para-hydroxylation sites is 2. The van der Waals surface area contributed by atoms with Crippen LogP contribution in [0.15, 0.2) is 47.4 Å². The van der Waals surface area contributed by atoms with Gasteiger partial charge in [0.25, 0.3) is 0 Å². The Morgan fingerprint density at radius 1 is 1.09 bits per heavy atom. The number of hydrogen-bond acceptors (Lipinski definition) is 6. The summed E-state index contributed by atoms with van der Waals surface area (Å²) in [5.74, 6) is 1.70. The van der Waals surface area contributed by atoms with Crippen molar-refractivity contribution < 1.29 is 22.7 Å². The summed E-state index contributed by atoms with van der Waals surface area (Å²) in [6.07, 6.45) is 1.73. The number of carbonyl (C=O) groups is 1. The van der Waals surface area contributed by atoms with Gasteiger partial charge in [-0.15, -0.1) is 0 Å². The quantitative estimate of drug-likeness (QED) is 0.561. The van der Waals surface area contributed by atoms with Gasteiger partial charge < -0.3 is 19.4 Å². The molecule has 0 aliphatic carbocycles. The van der Waals surface area contributed by atoms with Crippen molar-refractivity contribution in [2.24, 2.45) is 5.92 Å². The fraction of sp³-hybridized carbons (Fsp3) is 0.440. The lowest BCUT2D eigenvalue weighted by Gasteiger charge is -2.30. The molecule has 10 heteroatoms. The van der Waals surface area contributed by atoms with Crippen molar-refractivity contribution in [3.05, 3.63) is 48.3 Å². The first-order valence-corrected chi connectivity index (χ1v) is 13.5. The molecule has 3 heterocycles. The molecule has 2 aliphatic heterocycles. The Morgan fingerprint density at radius 3 is 2.63 bits per heavy atom. The Kier molecular flexibility index (Phi) is 6.66. The lowest BCUT2D eigenvalue weighted by molar-refractivity contribution is -0.126. The third-order valence-corrected chi connectivity index (χ3v) is 8.56. The molecule has 0 unspecified atom stereocenters. The monoisotopic (exact) mass is 498 g/mol. The summed E-state index contributed by atoms with van der Waals surface area (Å²) in [5, 5.41) is 3.02. The van der Waals surface area contributed by atoms with Crippen LogP contribution in [-0.4, -0.2) is 61.0 Å². The molecule has 1 fully saturated rings. The van der Waals surface area contributed by atoms with E-state index in [-0.39, 0.29) is 16.7 Å². The van der Waals surface area contributed by atoms with Crippen LogP contribution < -0.4 is 14.8 Å². The Bertz CT molecular complexity index is 1330. The molecular formula is C25H30N4O5S. The number of carbonyl (C=O) groups excluding carboxylic acids is 1. The summed E-state index contributed by atoms with van der Waals surface area (Å²) >= 11 is 0. The van der Waals surface area contributed by atoms with Crippen molar-refractivity contribution in [3.8, 4) is 11.5 Å². The maximum absolute atomic E-state index is 13.2. The summed E-state index contributed by atoms with van der Waals surface area (Å²) in [6, 6.07) is 12.7. The smallest absolute Gasteiger partial charge is 0.243 e. The van der Waals surface area contributed by atoms with Crippen LogP contribution >= 0.6 is 0 Å². The number of aromatic nitrogens is 2. The number of benzene rings is 2. The average Bonchev–Trinajstić information content (AvgIpc) is 3.03. The van der Waals surface area contributed by atoms with Crippen LogP contribution in [0.3, 0.4) is 0 Å². The fourth-order valence-corrected chi connectivity index (χ4v) is 6.21. The third kappa shape index (κ3) is 4.85. The van der Waals surface area contributed by atoms with Crippen LogP contribution in [0.25, 0.3) is 11.0 Å². The molecule has 9 nitrogen and oxygen atoms in total. The standard InChI is InChI=1S/C25H30N4O5S/c1-18-27-21-5-2-3-6-22(21)29(18)14-11-26-25(30)19-9-12-28(13-10-19)35(31,32)20-7-8-23-24(17-20)34-16-4-15-33-23/h2-3,5-8,17,19H,4,9-16H2,1H3,(H,26,30). The molecule has 1 amide bonds. The van der Waals surface area contributed by atoms with E-state index < -0.39 is 10.0 Å². The van der Waals surface area contributed by atoms with Gasteiger partial charge in [-0.3, -0.25) is 4.79 Å². The predicted octanol–water partition coefficient (Wildman–Crippen LogP) is 2.72. The number of nitrogens with zero attached hydrogens (tertiary/aromatic N) is 3. The molecule has 0 radical (unpaired) electrons. The van der Waals surface area contributed by atoms with Crippen LogP contribution in [0.5, 0.6) is 11.5 Å². The maximum atomic E-state index is 13.2. The molecule has 2 aromatic carbocycles. The van der Waals surface area contributed by atoms with Crippen LogP contribution in [0, 0.1) is 12.8 Å². The van der Waals surface area contributed by atoms with Crippen LogP contribution in [0.2, 0.25) is 0 Å². The first kappa shape index (κ1) is 23.6. The van der Waals surface area contributed by atoms with Gasteiger partial charge in [0.1, 0.15) is 5.82 Å². The van der Waals surface area contributed by atoms with Crippen molar-refractivity contribution in [2.75, 3.05) is 32.8 Å². The summed E-state index contributed by atoms with van der Waals surface area (Å²) in [6.45, 7) is 4.74. The lowest BCUT2D eigenvalue weighted by atomic mass is 9.97. The van der Waals surface area contributed by atoms with E-state index in [9.17, 15) is 13.2 Å². The highest BCUT2D eigenvalue weighted by Gasteiger charge is 2.32. The van der Waals surface area contributed by atoms with E-state index in [1.807, 2.05) is 31.2 Å². The van der Waals surface area contributed by atoms with Crippen LogP contribution in [0.1, 0.15) is 25.1 Å². The van der Waals surface area contributed by atoms with E-state index in [4.69, 9.17) is 9.47 Å². The van der Waals surface area contributed by atoms with Crippen LogP contribution in [-0.2, 0) is 21.4 Å². The average molecular weight is 499 g/mol. The number of aryl methyl sites for hydroxylation is 1. The SMILES string of the molecule is Cc1nc2ccccc2n1CCNC(=O)C1CCN(S(=O)(=O)c2ccc3c(c2)OCCCO3)CC1. The minimum atomic E-state index is -3.67. The number of sulfonamides is 1. The number of piperidine rings is 1. The van der Waals surface area contributed by atoms with Gasteiger partial charge in [0.05, 0.1) is 29.1 Å². The molecule has 3 aromatic rings. The molecular weight excluding hydrogens is 468 g/mol. The summed E-state index contributed by atoms with van der Waals surface area (Å²) in [5.41, 5.74) is 1.99. The molecule has 1 aromatic heterocycles. The number of rotatable bonds is 6. The number of hydrogen-bond donors (Lipinski definition) is 1. The fourth-order valence-electron chi connectivity index (χ4n) is 4.72. The van der Waals surface area contributed by atoms with Crippen molar-refractivity contribution in [3.63, 3.8) is 0 Å². The highest BCUT2D eigenvalue weighted by Crippen LogP contribution is 2.33. The Morgan fingerprint density at radius 2 is 1.83 bits per heavy atom. The van der Waals surface area contributed by atoms with Gasteiger partial charge >= 0.3 is 0 Å². The predicted molar refractivity (Wildman–Crippen MR) is 131 cm³/mol. The number of imidazole rings is 1. The number of amides is 1. The minimum absolute atomic E-state index is 0.0281. The van der Waals surface area contributed by atoms with Crippen LogP contribution in [0.4, 0.5) is 0 Å². The zero-order valence-electron chi connectivity index (χ0n) is 19.8. The number of nitrogens with one attached hydrogen (secondary N) is 1. The molecule has 0 bridgehead atoms. The maximum Gasteiger partial charge on any atom is 0.243 e. The Balaban J connectivity index is 1.16. The highest BCUT2D eigenvalue weighted by atomic mass is 32.2. The molecule has 0 saturated carbocycles. The molecule has 35 heavy (non-hydrogen) atoms. The highest BCUT2D eigenvalue weighted by molar-refractivity contribution is 7.89. The largest absolute Gasteiger partial charge is 0.490 e. The topological polar surface area (TPSA) is 103 Å². The zero-order valence-corrected chi connectivity index (χ0v) is 20.6. The molecule has 0 spiro atoms. The second-order valence-electron chi connectivity index (χ2n) is 8.93. The van der Waals surface area contributed by atoms with E-state index in [1.165, 1.54) is 10.4 Å². The normalized spacial score (nSPS) is 17.3. The van der Waals surface area contributed by atoms with Gasteiger partial charge in [0.2, 0.25) is 15.9 Å². The molecule has 1 saturated heterocycles. The summed E-state index contributed by atoms with van der Waals surface area (Å²) < 4.78 is 41.2. The third-order valence-electron chi connectivity index (χ3n) is 6.66. The van der Waals surface area contributed by atoms with E-state index in [0.29, 0.717) is 63.7 Å². The number of fused-ring (bicyclic) bond motifs is 2. The molecule has 1 N–H and O–H groups in total. The van der Waals surface area contributed by atoms with Gasteiger partial charge in [0, 0.05) is 44.6 Å². The molecule has 5 rings (SSSR count). The Labute approximate surface area is 205 Å². The van der Waals surface area contributed by atoms with Gasteiger partial charge in [-0.25, -0.2) is 13.4 Å². The van der Waals surface area contributed by atoms with Gasteiger partial charge in [-0.1, -0.05) is 12.1 Å².